The van der Waals surface area contributed by atoms with E-state index in [1.165, 1.54) is 6.07 Å². The maximum atomic E-state index is 13.4. The highest BCUT2D eigenvalue weighted by atomic mass is 79.9. The average Bonchev–Trinajstić information content (AvgIpc) is 2.21. The molecule has 1 N–H and O–H groups in total. The normalized spacial score (nSPS) is 10.2. The molecular formula is C11H13BrFNO2. The molecule has 1 aromatic carbocycles. The highest BCUT2D eigenvalue weighted by Crippen LogP contribution is 2.23. The van der Waals surface area contributed by atoms with Crippen molar-refractivity contribution < 1.29 is 14.3 Å². The zero-order valence-corrected chi connectivity index (χ0v) is 10.5. The maximum Gasteiger partial charge on any atom is 0.303 e. The number of halogens is 2. The summed E-state index contributed by atoms with van der Waals surface area (Å²) in [7, 11) is 1.74. The lowest BCUT2D eigenvalue weighted by Gasteiger charge is -2.19. The van der Waals surface area contributed by atoms with Crippen LogP contribution in [0.3, 0.4) is 0 Å². The van der Waals surface area contributed by atoms with Crippen molar-refractivity contribution in [2.75, 3.05) is 18.5 Å². The summed E-state index contributed by atoms with van der Waals surface area (Å²) in [4.78, 5) is 12.0. The molecule has 0 radical (unpaired) electrons. The molecule has 0 fully saturated rings. The predicted molar refractivity (Wildman–Crippen MR) is 64.2 cm³/mol. The summed E-state index contributed by atoms with van der Waals surface area (Å²) in [5, 5.41) is 8.50. The van der Waals surface area contributed by atoms with Crippen molar-refractivity contribution in [1.82, 2.24) is 0 Å². The second-order valence-corrected chi connectivity index (χ2v) is 4.43. The van der Waals surface area contributed by atoms with Crippen LogP contribution in [0.1, 0.15) is 12.8 Å². The number of carboxylic acid groups (broad SMARTS) is 1. The van der Waals surface area contributed by atoms with Crippen LogP contribution in [0, 0.1) is 5.82 Å². The highest BCUT2D eigenvalue weighted by molar-refractivity contribution is 9.10. The zero-order chi connectivity index (χ0) is 12.1. The van der Waals surface area contributed by atoms with Crippen LogP contribution in [-0.4, -0.2) is 24.7 Å². The van der Waals surface area contributed by atoms with Gasteiger partial charge in [0.1, 0.15) is 5.82 Å². The number of anilines is 1. The van der Waals surface area contributed by atoms with Gasteiger partial charge < -0.3 is 10.0 Å². The van der Waals surface area contributed by atoms with Crippen molar-refractivity contribution in [3.63, 3.8) is 0 Å². The first kappa shape index (κ1) is 13.0. The van der Waals surface area contributed by atoms with Crippen molar-refractivity contribution in [3.05, 3.63) is 28.5 Å². The molecule has 0 atom stereocenters. The molecule has 0 aliphatic heterocycles. The van der Waals surface area contributed by atoms with E-state index in [0.29, 0.717) is 18.7 Å². The molecule has 0 heterocycles. The lowest BCUT2D eigenvalue weighted by Crippen LogP contribution is -2.20. The zero-order valence-electron chi connectivity index (χ0n) is 8.91. The van der Waals surface area contributed by atoms with Gasteiger partial charge in [0.05, 0.1) is 5.69 Å². The number of hydrogen-bond donors (Lipinski definition) is 1. The summed E-state index contributed by atoms with van der Waals surface area (Å²) < 4.78 is 14.2. The molecule has 0 aliphatic carbocycles. The molecular weight excluding hydrogens is 277 g/mol. The van der Waals surface area contributed by atoms with Crippen LogP contribution in [-0.2, 0) is 4.79 Å². The Kier molecular flexibility index (Phi) is 4.73. The van der Waals surface area contributed by atoms with Gasteiger partial charge in [0.2, 0.25) is 0 Å². The summed E-state index contributed by atoms with van der Waals surface area (Å²) >= 11 is 3.27. The van der Waals surface area contributed by atoms with Crippen molar-refractivity contribution >= 4 is 27.6 Å². The summed E-state index contributed by atoms with van der Waals surface area (Å²) in [6.45, 7) is 0.514. The highest BCUT2D eigenvalue weighted by Gasteiger charge is 2.08. The molecule has 0 amide bonds. The van der Waals surface area contributed by atoms with Gasteiger partial charge in [0.15, 0.2) is 0 Å². The Morgan fingerprint density at radius 1 is 1.56 bits per heavy atom. The van der Waals surface area contributed by atoms with Gasteiger partial charge in [-0.25, -0.2) is 4.39 Å². The van der Waals surface area contributed by atoms with E-state index in [0.717, 1.165) is 4.47 Å². The fraction of sp³-hybridized carbons (Fsp3) is 0.364. The maximum absolute atomic E-state index is 13.4. The molecule has 16 heavy (non-hydrogen) atoms. The first-order valence-electron chi connectivity index (χ1n) is 4.88. The Morgan fingerprint density at radius 2 is 2.25 bits per heavy atom. The van der Waals surface area contributed by atoms with Gasteiger partial charge in [-0.05, 0) is 24.6 Å². The second-order valence-electron chi connectivity index (χ2n) is 3.51. The van der Waals surface area contributed by atoms with E-state index < -0.39 is 5.97 Å². The Labute approximate surface area is 102 Å². The van der Waals surface area contributed by atoms with Crippen molar-refractivity contribution in [2.24, 2.45) is 0 Å². The lowest BCUT2D eigenvalue weighted by atomic mass is 10.2. The molecule has 1 rings (SSSR count). The molecule has 0 aromatic heterocycles. The van der Waals surface area contributed by atoms with Gasteiger partial charge in [0.25, 0.3) is 0 Å². The lowest BCUT2D eigenvalue weighted by molar-refractivity contribution is -0.137. The van der Waals surface area contributed by atoms with E-state index >= 15 is 0 Å². The van der Waals surface area contributed by atoms with Crippen LogP contribution in [0.5, 0.6) is 0 Å². The minimum absolute atomic E-state index is 0.0972. The standard InChI is InChI=1S/C11H13BrFNO2/c1-14(6-2-3-11(15)16)10-7-8(12)4-5-9(10)13/h4-5,7H,2-3,6H2,1H3,(H,15,16). The fourth-order valence-electron chi connectivity index (χ4n) is 1.37. The SMILES string of the molecule is CN(CCCC(=O)O)c1cc(Br)ccc1F. The van der Waals surface area contributed by atoms with Gasteiger partial charge in [-0.2, -0.15) is 0 Å². The van der Waals surface area contributed by atoms with E-state index in [-0.39, 0.29) is 12.2 Å². The van der Waals surface area contributed by atoms with E-state index in [1.807, 2.05) is 0 Å². The van der Waals surface area contributed by atoms with Gasteiger partial charge in [0, 0.05) is 24.5 Å². The largest absolute Gasteiger partial charge is 0.481 e. The molecule has 0 saturated heterocycles. The third kappa shape index (κ3) is 3.81. The molecule has 0 spiro atoms. The number of carboxylic acids is 1. The Balaban J connectivity index is 2.61. The molecule has 0 unspecified atom stereocenters. The summed E-state index contributed by atoms with van der Waals surface area (Å²) in [5.41, 5.74) is 0.472. The van der Waals surface area contributed by atoms with Crippen LogP contribution in [0.15, 0.2) is 22.7 Å². The predicted octanol–water partition coefficient (Wildman–Crippen LogP) is 2.89. The van der Waals surface area contributed by atoms with E-state index in [1.54, 1.807) is 24.1 Å². The molecule has 3 nitrogen and oxygen atoms in total. The van der Waals surface area contributed by atoms with Crippen LogP contribution in [0.4, 0.5) is 10.1 Å². The minimum atomic E-state index is -0.830. The van der Waals surface area contributed by atoms with Crippen LogP contribution in [0.25, 0.3) is 0 Å². The van der Waals surface area contributed by atoms with Gasteiger partial charge in [-0.3, -0.25) is 4.79 Å². The molecule has 0 aliphatic rings. The Hall–Kier alpha value is -1.10. The molecule has 88 valence electrons. The van der Waals surface area contributed by atoms with Crippen molar-refractivity contribution in [3.8, 4) is 0 Å². The van der Waals surface area contributed by atoms with Gasteiger partial charge in [-0.1, -0.05) is 15.9 Å². The molecule has 0 bridgehead atoms. The number of carbonyl (C=O) groups is 1. The van der Waals surface area contributed by atoms with Crippen LogP contribution >= 0.6 is 15.9 Å². The third-order valence-corrected chi connectivity index (χ3v) is 2.70. The summed E-state index contributed by atoms with van der Waals surface area (Å²) in [5.74, 6) is -1.14. The number of hydrogen-bond acceptors (Lipinski definition) is 2. The minimum Gasteiger partial charge on any atom is -0.481 e. The second kappa shape index (κ2) is 5.84. The quantitative estimate of drug-likeness (QED) is 0.906. The van der Waals surface area contributed by atoms with Crippen LogP contribution < -0.4 is 4.90 Å². The molecule has 5 heteroatoms. The smallest absolute Gasteiger partial charge is 0.303 e. The number of aliphatic carboxylic acids is 1. The average molecular weight is 290 g/mol. The number of rotatable bonds is 5. The van der Waals surface area contributed by atoms with Crippen LogP contribution in [0.2, 0.25) is 0 Å². The summed E-state index contributed by atoms with van der Waals surface area (Å²) in [6.07, 6.45) is 0.595. The van der Waals surface area contributed by atoms with E-state index in [4.69, 9.17) is 5.11 Å². The monoisotopic (exact) mass is 289 g/mol. The summed E-state index contributed by atoms with van der Waals surface area (Å²) in [6, 6.07) is 4.69. The van der Waals surface area contributed by atoms with E-state index in [2.05, 4.69) is 15.9 Å². The first-order valence-corrected chi connectivity index (χ1v) is 5.68. The van der Waals surface area contributed by atoms with Crippen molar-refractivity contribution in [1.29, 1.82) is 0 Å². The number of benzene rings is 1. The molecule has 0 saturated carbocycles. The van der Waals surface area contributed by atoms with Crippen molar-refractivity contribution in [2.45, 2.75) is 12.8 Å². The topological polar surface area (TPSA) is 40.5 Å². The van der Waals surface area contributed by atoms with E-state index in [9.17, 15) is 9.18 Å². The first-order chi connectivity index (χ1) is 7.50. The van der Waals surface area contributed by atoms with Gasteiger partial charge in [-0.15, -0.1) is 0 Å². The number of nitrogens with zero attached hydrogens (tertiary/aromatic N) is 1. The fourth-order valence-corrected chi connectivity index (χ4v) is 1.72. The van der Waals surface area contributed by atoms with Gasteiger partial charge >= 0.3 is 5.97 Å². The molecule has 1 aromatic rings. The third-order valence-electron chi connectivity index (χ3n) is 2.20. The Morgan fingerprint density at radius 3 is 2.88 bits per heavy atom. The Bertz CT molecular complexity index is 384.